The van der Waals surface area contributed by atoms with Gasteiger partial charge in [-0.15, -0.1) is 5.69 Å². The summed E-state index contributed by atoms with van der Waals surface area (Å²) in [6, 6.07) is 26.0. The van der Waals surface area contributed by atoms with Crippen molar-refractivity contribution in [3.63, 3.8) is 0 Å². The summed E-state index contributed by atoms with van der Waals surface area (Å²) in [6.45, 7) is 0. The van der Waals surface area contributed by atoms with Crippen LogP contribution in [-0.4, -0.2) is 16.9 Å². The van der Waals surface area contributed by atoms with Gasteiger partial charge in [0.05, 0.1) is 11.9 Å². The van der Waals surface area contributed by atoms with Crippen LogP contribution in [0.3, 0.4) is 0 Å². The Morgan fingerprint density at radius 1 is 0.867 bits per heavy atom. The van der Waals surface area contributed by atoms with E-state index < -0.39 is 11.8 Å². The molecule has 4 rings (SSSR count). The van der Waals surface area contributed by atoms with Crippen LogP contribution in [0.25, 0.3) is 16.4 Å². The number of nitrogens with one attached hydrogen (secondary N) is 1. The van der Waals surface area contributed by atoms with Gasteiger partial charge >= 0.3 is 29.6 Å². The van der Waals surface area contributed by atoms with E-state index in [-0.39, 0.29) is 53.4 Å². The number of amides is 2. The number of hydrogen-bond donors (Lipinski definition) is 2. The van der Waals surface area contributed by atoms with Crippen molar-refractivity contribution in [2.45, 2.75) is 12.5 Å². The van der Waals surface area contributed by atoms with Crippen LogP contribution in [0.5, 0.6) is 0 Å². The quantitative estimate of drug-likeness (QED) is 0.514. The van der Waals surface area contributed by atoms with E-state index in [1.54, 1.807) is 12.1 Å². The molecule has 0 fully saturated rings. The van der Waals surface area contributed by atoms with Gasteiger partial charge in [-0.3, -0.25) is 4.79 Å². The largest absolute Gasteiger partial charge is 1.00 e. The smallest absolute Gasteiger partial charge is 0.622 e. The number of aliphatic hydroxyl groups is 1. The molecule has 3 aromatic rings. The zero-order chi connectivity index (χ0) is 20.2. The van der Waals surface area contributed by atoms with E-state index in [1.165, 1.54) is 0 Å². The molecule has 0 bridgehead atoms. The van der Waals surface area contributed by atoms with Crippen LogP contribution < -0.4 is 34.9 Å². The van der Waals surface area contributed by atoms with Gasteiger partial charge in [0, 0.05) is 6.42 Å². The Hall–Kier alpha value is -2.86. The first kappa shape index (κ1) is 21.8. The average molecular weight is 406 g/mol. The van der Waals surface area contributed by atoms with Gasteiger partial charge in [0.2, 0.25) is 0 Å². The van der Waals surface area contributed by atoms with E-state index in [0.29, 0.717) is 5.69 Å². The van der Waals surface area contributed by atoms with Gasteiger partial charge in [0.25, 0.3) is 5.91 Å². The fourth-order valence-electron chi connectivity index (χ4n) is 3.35. The van der Waals surface area contributed by atoms with Crippen molar-refractivity contribution in [1.29, 1.82) is 0 Å². The summed E-state index contributed by atoms with van der Waals surface area (Å²) in [6.07, 6.45) is 0.152. The summed E-state index contributed by atoms with van der Waals surface area (Å²) in [5, 5.41) is 17.1. The zero-order valence-electron chi connectivity index (χ0n) is 16.6. The van der Waals surface area contributed by atoms with E-state index in [2.05, 4.69) is 10.6 Å². The van der Waals surface area contributed by atoms with Crippen LogP contribution in [0.4, 0.5) is 5.69 Å². The second-order valence-electron chi connectivity index (χ2n) is 6.79. The molecule has 3 aromatic carbocycles. The van der Waals surface area contributed by atoms with Gasteiger partial charge in [-0.25, -0.2) is 0 Å². The zero-order valence-corrected chi connectivity index (χ0v) is 18.6. The molecule has 1 aliphatic rings. The SMILES string of the molecule is O=C([N-]c1ccc(-c2ccccc2)cc1)C1=C(O)CC(c2ccccc2)NC1=O.[Na+]. The van der Waals surface area contributed by atoms with E-state index in [9.17, 15) is 14.7 Å². The molecule has 1 atom stereocenters. The summed E-state index contributed by atoms with van der Waals surface area (Å²) in [5.74, 6) is -1.60. The number of nitrogens with zero attached hydrogens (tertiary/aromatic N) is 1. The summed E-state index contributed by atoms with van der Waals surface area (Å²) >= 11 is 0. The maximum atomic E-state index is 12.5. The standard InChI is InChI=1S/C24H20N2O3.Na/c27-21-15-20(18-9-5-2-6-10-18)26-24(29)22(21)23(28)25-19-13-11-17(12-14-19)16-7-3-1-4-8-16;/h1-14,20H,15H2,(H3,25,26,27,28,29);/q;+1/p-1. The maximum Gasteiger partial charge on any atom is 1.00 e. The third kappa shape index (κ3) is 4.82. The molecule has 0 spiro atoms. The third-order valence-electron chi connectivity index (χ3n) is 4.84. The molecule has 2 N–H and O–H groups in total. The summed E-state index contributed by atoms with van der Waals surface area (Å²) < 4.78 is 0. The van der Waals surface area contributed by atoms with Gasteiger partial charge in [-0.2, -0.15) is 0 Å². The fraction of sp³-hybridized carbons (Fsp3) is 0.0833. The number of hydrogen-bond acceptors (Lipinski definition) is 3. The monoisotopic (exact) mass is 406 g/mol. The maximum absolute atomic E-state index is 12.5. The molecule has 0 radical (unpaired) electrons. The Morgan fingerprint density at radius 2 is 1.43 bits per heavy atom. The first-order valence-corrected chi connectivity index (χ1v) is 9.31. The molecule has 6 heteroatoms. The van der Waals surface area contributed by atoms with Gasteiger partial charge in [-0.05, 0) is 16.7 Å². The van der Waals surface area contributed by atoms with Crippen LogP contribution in [0, 0.1) is 0 Å². The minimum Gasteiger partial charge on any atom is -0.622 e. The Bertz CT molecular complexity index is 1060. The van der Waals surface area contributed by atoms with Crippen LogP contribution >= 0.6 is 0 Å². The minimum absolute atomic E-state index is 0. The van der Waals surface area contributed by atoms with E-state index >= 15 is 0 Å². The first-order chi connectivity index (χ1) is 14.1. The van der Waals surface area contributed by atoms with E-state index in [4.69, 9.17) is 0 Å². The molecule has 0 saturated carbocycles. The molecular formula is C24H19N2NaO3. The minimum atomic E-state index is -0.751. The predicted octanol–water partition coefficient (Wildman–Crippen LogP) is 1.96. The fourth-order valence-corrected chi connectivity index (χ4v) is 3.35. The van der Waals surface area contributed by atoms with E-state index in [0.717, 1.165) is 16.7 Å². The Labute approximate surface area is 197 Å². The third-order valence-corrected chi connectivity index (χ3v) is 4.84. The Balaban J connectivity index is 0.00000256. The van der Waals surface area contributed by atoms with Crippen LogP contribution in [-0.2, 0) is 9.59 Å². The van der Waals surface area contributed by atoms with Crippen LogP contribution in [0.15, 0.2) is 96.3 Å². The topological polar surface area (TPSA) is 80.5 Å². The molecule has 1 aliphatic heterocycles. The molecule has 1 heterocycles. The number of benzene rings is 3. The van der Waals surface area contributed by atoms with Gasteiger partial charge in [-0.1, -0.05) is 84.9 Å². The number of rotatable bonds is 4. The second-order valence-corrected chi connectivity index (χ2v) is 6.79. The van der Waals surface area contributed by atoms with Crippen molar-refractivity contribution in [3.8, 4) is 11.1 Å². The van der Waals surface area contributed by atoms with E-state index in [1.807, 2.05) is 72.8 Å². The molecule has 0 aliphatic carbocycles. The summed E-state index contributed by atoms with van der Waals surface area (Å²) in [4.78, 5) is 25.0. The van der Waals surface area contributed by atoms with Crippen molar-refractivity contribution in [1.82, 2.24) is 5.32 Å². The van der Waals surface area contributed by atoms with Crippen molar-refractivity contribution in [2.24, 2.45) is 0 Å². The normalized spacial score (nSPS) is 15.7. The number of carbonyl (C=O) groups excluding carboxylic acids is 2. The average Bonchev–Trinajstić information content (AvgIpc) is 2.75. The second kappa shape index (κ2) is 9.76. The Morgan fingerprint density at radius 3 is 2.03 bits per heavy atom. The molecule has 5 nitrogen and oxygen atoms in total. The molecule has 0 saturated heterocycles. The van der Waals surface area contributed by atoms with Crippen molar-refractivity contribution < 1.29 is 44.3 Å². The summed E-state index contributed by atoms with van der Waals surface area (Å²) in [5.41, 5.74) is 3.05. The summed E-state index contributed by atoms with van der Waals surface area (Å²) in [7, 11) is 0. The molecular weight excluding hydrogens is 387 g/mol. The van der Waals surface area contributed by atoms with Crippen molar-refractivity contribution in [2.75, 3.05) is 0 Å². The van der Waals surface area contributed by atoms with Crippen molar-refractivity contribution >= 4 is 17.5 Å². The number of aliphatic hydroxyl groups excluding tert-OH is 1. The van der Waals surface area contributed by atoms with Crippen LogP contribution in [0.1, 0.15) is 18.0 Å². The van der Waals surface area contributed by atoms with Gasteiger partial charge < -0.3 is 20.5 Å². The number of carbonyl (C=O) groups is 2. The van der Waals surface area contributed by atoms with Crippen LogP contribution in [0.2, 0.25) is 0 Å². The van der Waals surface area contributed by atoms with Gasteiger partial charge in [0.15, 0.2) is 0 Å². The molecule has 0 aromatic heterocycles. The Kier molecular flexibility index (Phi) is 7.11. The van der Waals surface area contributed by atoms with Crippen molar-refractivity contribution in [3.05, 3.63) is 107 Å². The first-order valence-electron chi connectivity index (χ1n) is 9.31. The molecule has 30 heavy (non-hydrogen) atoms. The predicted molar refractivity (Wildman–Crippen MR) is 112 cm³/mol. The molecule has 1 unspecified atom stereocenters. The van der Waals surface area contributed by atoms with Gasteiger partial charge in [0.1, 0.15) is 11.3 Å². The molecule has 144 valence electrons. The molecule has 2 amide bonds.